The summed E-state index contributed by atoms with van der Waals surface area (Å²) in [5.74, 6) is 0.920. The van der Waals surface area contributed by atoms with Gasteiger partial charge in [0.15, 0.2) is 17.4 Å². The molecular formula is C39H31N4PtSi-. The fraction of sp³-hybridized carbons (Fsp3) is 0.0769. The van der Waals surface area contributed by atoms with E-state index < -0.39 is 8.07 Å². The number of benzene rings is 5. The van der Waals surface area contributed by atoms with Gasteiger partial charge in [-0.3, -0.25) is 0 Å². The standard InChI is InChI=1S/C39H31N4Si.Pt/c1-28-22-23-40-39(24-28)43-35-17-8-7-16-33(35)34-21-20-32(26-38(34)43)44(2,3)31-15-11-14-30(25-31)42-27-41(29-12-5-4-6-13-29)36-18-9-10-19-37(36)42;/h4-24,27H,1-3H3;/q-1;. The Bertz CT molecular complexity index is 2340. The molecule has 3 aromatic heterocycles. The van der Waals surface area contributed by atoms with Crippen LogP contribution in [0.25, 0.3) is 50.0 Å². The van der Waals surface area contributed by atoms with Crippen molar-refractivity contribution >= 4 is 51.3 Å². The molecule has 6 heteroatoms. The summed E-state index contributed by atoms with van der Waals surface area (Å²) in [6.07, 6.45) is 4.07. The van der Waals surface area contributed by atoms with E-state index in [0.717, 1.165) is 39.3 Å². The number of para-hydroxylation sites is 4. The van der Waals surface area contributed by atoms with Crippen LogP contribution < -0.4 is 10.4 Å². The van der Waals surface area contributed by atoms with Gasteiger partial charge in [-0.05, 0) is 48.2 Å². The van der Waals surface area contributed by atoms with Crippen molar-refractivity contribution in [3.8, 4) is 17.2 Å². The number of aryl methyl sites for hydroxylation is 1. The summed E-state index contributed by atoms with van der Waals surface area (Å²) in [5, 5.41) is 4.89. The summed E-state index contributed by atoms with van der Waals surface area (Å²) < 4.78 is 6.77. The quantitative estimate of drug-likeness (QED) is 0.129. The number of rotatable bonds is 5. The first-order valence-electron chi connectivity index (χ1n) is 15.0. The van der Waals surface area contributed by atoms with E-state index in [1.54, 1.807) is 0 Å². The second-order valence-corrected chi connectivity index (χ2v) is 16.3. The topological polar surface area (TPSA) is 27.7 Å². The number of pyridine rings is 1. The molecule has 0 aliphatic heterocycles. The minimum Gasteiger partial charge on any atom is -0.319 e. The third kappa shape index (κ3) is 4.88. The van der Waals surface area contributed by atoms with Crippen LogP contribution >= 0.6 is 0 Å². The summed E-state index contributed by atoms with van der Waals surface area (Å²) in [6.45, 7) is 6.91. The molecule has 5 aromatic carbocycles. The molecule has 0 atom stereocenters. The number of hydrogen-bond donors (Lipinski definition) is 0. The van der Waals surface area contributed by atoms with Gasteiger partial charge in [-0.1, -0.05) is 67.1 Å². The first-order chi connectivity index (χ1) is 21.5. The van der Waals surface area contributed by atoms with Crippen LogP contribution in [0, 0.1) is 19.1 Å². The zero-order valence-electron chi connectivity index (χ0n) is 25.3. The van der Waals surface area contributed by atoms with E-state index in [-0.39, 0.29) is 21.1 Å². The molecule has 3 heterocycles. The maximum Gasteiger partial charge on any atom is 0.168 e. The van der Waals surface area contributed by atoms with Crippen LogP contribution in [0.15, 0.2) is 134 Å². The zero-order valence-corrected chi connectivity index (χ0v) is 28.6. The van der Waals surface area contributed by atoms with Crippen molar-refractivity contribution < 1.29 is 21.1 Å². The Morgan fingerprint density at radius 1 is 0.644 bits per heavy atom. The normalized spacial score (nSPS) is 11.7. The zero-order chi connectivity index (χ0) is 29.8. The van der Waals surface area contributed by atoms with Crippen LogP contribution in [0.5, 0.6) is 0 Å². The molecule has 8 aromatic rings. The Morgan fingerprint density at radius 3 is 2.11 bits per heavy atom. The molecule has 0 spiro atoms. The molecule has 0 amide bonds. The Kier molecular flexibility index (Phi) is 7.39. The van der Waals surface area contributed by atoms with Crippen molar-refractivity contribution in [3.63, 3.8) is 0 Å². The molecule has 8 rings (SSSR count). The fourth-order valence-corrected chi connectivity index (χ4v) is 8.52. The van der Waals surface area contributed by atoms with Gasteiger partial charge in [0, 0.05) is 50.6 Å². The second-order valence-electron chi connectivity index (χ2n) is 11.9. The minimum absolute atomic E-state index is 0. The molecule has 45 heavy (non-hydrogen) atoms. The van der Waals surface area contributed by atoms with Crippen LogP contribution in [0.2, 0.25) is 13.1 Å². The van der Waals surface area contributed by atoms with Gasteiger partial charge < -0.3 is 4.57 Å². The molecule has 0 aliphatic rings. The van der Waals surface area contributed by atoms with E-state index in [9.17, 15) is 0 Å². The Hall–Kier alpha value is -4.57. The average molecular weight is 779 g/mol. The molecule has 4 nitrogen and oxygen atoms in total. The van der Waals surface area contributed by atoms with Crippen molar-refractivity contribution in [1.29, 1.82) is 0 Å². The first kappa shape index (κ1) is 29.2. The summed E-state index contributed by atoms with van der Waals surface area (Å²) in [4.78, 5) is 4.77. The van der Waals surface area contributed by atoms with Gasteiger partial charge in [0.2, 0.25) is 0 Å². The largest absolute Gasteiger partial charge is 0.319 e. The van der Waals surface area contributed by atoms with Crippen molar-refractivity contribution in [3.05, 3.63) is 152 Å². The van der Waals surface area contributed by atoms with Crippen LogP contribution in [0.4, 0.5) is 0 Å². The van der Waals surface area contributed by atoms with E-state index in [2.05, 4.69) is 167 Å². The number of aromatic nitrogens is 4. The Labute approximate surface area is 278 Å². The molecular weight excluding hydrogens is 748 g/mol. The number of fused-ring (bicyclic) bond motifs is 4. The number of hydrogen-bond acceptors (Lipinski definition) is 1. The molecule has 222 valence electrons. The number of nitrogens with zero attached hydrogens (tertiary/aromatic N) is 4. The molecule has 0 saturated heterocycles. The minimum atomic E-state index is -2.21. The van der Waals surface area contributed by atoms with Crippen molar-refractivity contribution in [1.82, 2.24) is 18.7 Å². The van der Waals surface area contributed by atoms with Gasteiger partial charge in [0.25, 0.3) is 0 Å². The SMILES string of the molecule is Cc1ccnc(-n2c3[c-]c([Si](C)(C)c4[c-]c(-n5[cH+]n(-c6ccccc6)c6ccccc65)ccc4)ccc3c3ccccc32)c1.[Pt]. The average Bonchev–Trinajstić information content (AvgIpc) is 3.61. The van der Waals surface area contributed by atoms with Gasteiger partial charge in [0.1, 0.15) is 11.5 Å². The second kappa shape index (κ2) is 11.4. The smallest absolute Gasteiger partial charge is 0.168 e. The number of imidazole rings is 1. The van der Waals surface area contributed by atoms with Gasteiger partial charge in [0.05, 0.1) is 8.07 Å². The van der Waals surface area contributed by atoms with E-state index in [1.165, 1.54) is 26.7 Å². The summed E-state index contributed by atoms with van der Waals surface area (Å²) >= 11 is 0. The molecule has 0 radical (unpaired) electrons. The van der Waals surface area contributed by atoms with Crippen LogP contribution in [-0.2, 0) is 21.1 Å². The molecule has 0 N–H and O–H groups in total. The predicted octanol–water partition coefficient (Wildman–Crippen LogP) is 7.92. The molecule has 0 fully saturated rings. The van der Waals surface area contributed by atoms with Crippen LogP contribution in [0.1, 0.15) is 5.56 Å². The third-order valence-corrected chi connectivity index (χ3v) is 12.0. The summed E-state index contributed by atoms with van der Waals surface area (Å²) in [6, 6.07) is 50.7. The molecule has 0 aliphatic carbocycles. The van der Waals surface area contributed by atoms with Crippen molar-refractivity contribution in [2.45, 2.75) is 20.0 Å². The van der Waals surface area contributed by atoms with Gasteiger partial charge in [-0.15, -0.1) is 17.5 Å². The van der Waals surface area contributed by atoms with Gasteiger partial charge in [-0.25, -0.2) is 9.55 Å². The Morgan fingerprint density at radius 2 is 1.33 bits per heavy atom. The van der Waals surface area contributed by atoms with Gasteiger partial charge >= 0.3 is 0 Å². The predicted molar refractivity (Wildman–Crippen MR) is 185 cm³/mol. The maximum atomic E-state index is 4.77. The molecule has 0 unspecified atom stereocenters. The van der Waals surface area contributed by atoms with Crippen LogP contribution in [0.3, 0.4) is 0 Å². The Balaban J connectivity index is 0.00000325. The van der Waals surface area contributed by atoms with E-state index in [0.29, 0.717) is 0 Å². The monoisotopic (exact) mass is 778 g/mol. The van der Waals surface area contributed by atoms with Crippen molar-refractivity contribution in [2.75, 3.05) is 0 Å². The summed E-state index contributed by atoms with van der Waals surface area (Å²) in [7, 11) is -2.21. The maximum absolute atomic E-state index is 4.77. The summed E-state index contributed by atoms with van der Waals surface area (Å²) in [5.41, 5.74) is 7.87. The van der Waals surface area contributed by atoms with E-state index in [1.807, 2.05) is 12.3 Å². The van der Waals surface area contributed by atoms with E-state index in [4.69, 9.17) is 4.98 Å². The van der Waals surface area contributed by atoms with Gasteiger partial charge in [-0.2, -0.15) is 45.3 Å². The molecule has 0 bridgehead atoms. The van der Waals surface area contributed by atoms with Crippen molar-refractivity contribution in [2.24, 2.45) is 0 Å². The molecule has 0 saturated carbocycles. The fourth-order valence-electron chi connectivity index (χ4n) is 6.34. The van der Waals surface area contributed by atoms with Crippen LogP contribution in [-0.4, -0.2) is 26.8 Å². The first-order valence-corrected chi connectivity index (χ1v) is 18.0. The van der Waals surface area contributed by atoms with E-state index >= 15 is 0 Å². The third-order valence-electron chi connectivity index (χ3n) is 8.77.